The molecule has 0 amide bonds. The quantitative estimate of drug-likeness (QED) is 0.663. The van der Waals surface area contributed by atoms with Crippen molar-refractivity contribution in [2.24, 2.45) is 0 Å². The highest BCUT2D eigenvalue weighted by molar-refractivity contribution is 8.00. The average molecular weight is 419 g/mol. The standard InChI is InChI=1S/C25H22O2S2/c1-6-20-22(18-14-10-8-11-15-18)21(7-2)25(29(5)26,19-16-12-9-13-17-19)24(28-4)23(20)27-3/h1-2,8-17,24H,3-5H3. The molecule has 1 aliphatic rings. The van der Waals surface area contributed by atoms with Crippen molar-refractivity contribution in [2.45, 2.75) is 10.00 Å². The van der Waals surface area contributed by atoms with Gasteiger partial charge >= 0.3 is 0 Å². The van der Waals surface area contributed by atoms with E-state index in [1.807, 2.05) is 66.9 Å². The van der Waals surface area contributed by atoms with Crippen LogP contribution >= 0.6 is 11.8 Å². The van der Waals surface area contributed by atoms with Gasteiger partial charge in [-0.3, -0.25) is 4.21 Å². The summed E-state index contributed by atoms with van der Waals surface area (Å²) in [5.41, 5.74) is 3.74. The zero-order chi connectivity index (χ0) is 21.0. The van der Waals surface area contributed by atoms with Crippen molar-refractivity contribution in [1.82, 2.24) is 0 Å². The topological polar surface area (TPSA) is 26.3 Å². The van der Waals surface area contributed by atoms with Gasteiger partial charge in [0.15, 0.2) is 0 Å². The summed E-state index contributed by atoms with van der Waals surface area (Å²) in [6.45, 7) is 0. The van der Waals surface area contributed by atoms with Gasteiger partial charge < -0.3 is 4.74 Å². The second-order valence-electron chi connectivity index (χ2n) is 6.52. The van der Waals surface area contributed by atoms with E-state index in [9.17, 15) is 4.21 Å². The minimum absolute atomic E-state index is 0.328. The number of terminal acetylenes is 2. The van der Waals surface area contributed by atoms with E-state index in [0.717, 1.165) is 16.7 Å². The summed E-state index contributed by atoms with van der Waals surface area (Å²) in [7, 11) is 0.246. The van der Waals surface area contributed by atoms with E-state index < -0.39 is 15.5 Å². The van der Waals surface area contributed by atoms with Gasteiger partial charge in [-0.25, -0.2) is 0 Å². The van der Waals surface area contributed by atoms with E-state index in [1.165, 1.54) is 0 Å². The molecule has 0 N–H and O–H groups in total. The van der Waals surface area contributed by atoms with Gasteiger partial charge in [-0.2, -0.15) is 11.8 Å². The fourth-order valence-electron chi connectivity index (χ4n) is 4.02. The first kappa shape index (κ1) is 21.1. The molecule has 4 heteroatoms. The second kappa shape index (κ2) is 8.78. The number of hydrogen-bond donors (Lipinski definition) is 0. The first-order valence-electron chi connectivity index (χ1n) is 9.01. The molecule has 0 radical (unpaired) electrons. The number of benzene rings is 2. The lowest BCUT2D eigenvalue weighted by molar-refractivity contribution is 0.270. The Bertz CT molecular complexity index is 1070. The van der Waals surface area contributed by atoms with Crippen LogP contribution in [-0.2, 0) is 20.3 Å². The molecular weight excluding hydrogens is 396 g/mol. The molecular formula is C25H22O2S2. The lowest BCUT2D eigenvalue weighted by Gasteiger charge is -2.44. The maximum Gasteiger partial charge on any atom is 0.127 e. The van der Waals surface area contributed by atoms with Crippen molar-refractivity contribution in [1.29, 1.82) is 0 Å². The Labute approximate surface area is 179 Å². The van der Waals surface area contributed by atoms with Crippen LogP contribution in [-0.4, -0.2) is 29.1 Å². The fraction of sp³-hybridized carbons (Fsp3) is 0.200. The Balaban J connectivity index is 2.56. The minimum atomic E-state index is -1.36. The zero-order valence-electron chi connectivity index (χ0n) is 16.6. The maximum atomic E-state index is 13.5. The van der Waals surface area contributed by atoms with Gasteiger partial charge in [0, 0.05) is 28.2 Å². The molecule has 0 spiro atoms. The summed E-state index contributed by atoms with van der Waals surface area (Å²) in [5, 5.41) is -0.328. The predicted molar refractivity (Wildman–Crippen MR) is 125 cm³/mol. The number of thioether (sulfide) groups is 1. The van der Waals surface area contributed by atoms with Gasteiger partial charge in [-0.1, -0.05) is 72.5 Å². The van der Waals surface area contributed by atoms with Gasteiger partial charge in [-0.05, 0) is 17.4 Å². The molecule has 0 saturated heterocycles. The first-order valence-corrected chi connectivity index (χ1v) is 11.9. The Morgan fingerprint density at radius 2 is 1.62 bits per heavy atom. The molecule has 1 aliphatic carbocycles. The molecule has 3 rings (SSSR count). The SMILES string of the molecule is C#CC1=C(OC)C(SC)C(c2ccccc2)(S(C)=O)C(C#C)=C1c1ccccc1. The van der Waals surface area contributed by atoms with Crippen LogP contribution in [0.3, 0.4) is 0 Å². The summed E-state index contributed by atoms with van der Waals surface area (Å²) < 4.78 is 18.4. The highest BCUT2D eigenvalue weighted by atomic mass is 32.2. The van der Waals surface area contributed by atoms with Crippen LogP contribution in [0.25, 0.3) is 5.57 Å². The van der Waals surface area contributed by atoms with E-state index in [2.05, 4.69) is 11.8 Å². The van der Waals surface area contributed by atoms with Gasteiger partial charge in [0.2, 0.25) is 0 Å². The number of methoxy groups -OCH3 is 1. The Kier molecular flexibility index (Phi) is 6.38. The lowest BCUT2D eigenvalue weighted by atomic mass is 9.75. The van der Waals surface area contributed by atoms with Gasteiger partial charge in [-0.15, -0.1) is 12.8 Å². The first-order chi connectivity index (χ1) is 14.1. The number of rotatable bonds is 5. The number of hydrogen-bond acceptors (Lipinski definition) is 3. The summed E-state index contributed by atoms with van der Waals surface area (Å²) in [5.74, 6) is 6.31. The molecule has 0 fully saturated rings. The zero-order valence-corrected chi connectivity index (χ0v) is 18.3. The van der Waals surface area contributed by atoms with Crippen LogP contribution in [0.2, 0.25) is 0 Å². The van der Waals surface area contributed by atoms with Crippen LogP contribution in [0.5, 0.6) is 0 Å². The summed E-state index contributed by atoms with van der Waals surface area (Å²) >= 11 is 1.54. The Hall–Kier alpha value is -2.66. The maximum absolute atomic E-state index is 13.5. The van der Waals surface area contributed by atoms with Crippen molar-refractivity contribution in [3.63, 3.8) is 0 Å². The summed E-state index contributed by atoms with van der Waals surface area (Å²) in [6.07, 6.45) is 15.7. The molecule has 3 atom stereocenters. The van der Waals surface area contributed by atoms with E-state index in [0.29, 0.717) is 16.9 Å². The van der Waals surface area contributed by atoms with E-state index in [-0.39, 0.29) is 5.25 Å². The van der Waals surface area contributed by atoms with Crippen LogP contribution in [0.1, 0.15) is 11.1 Å². The normalized spacial score (nSPS) is 22.6. The largest absolute Gasteiger partial charge is 0.499 e. The minimum Gasteiger partial charge on any atom is -0.499 e. The second-order valence-corrected chi connectivity index (χ2v) is 9.01. The van der Waals surface area contributed by atoms with E-state index in [4.69, 9.17) is 17.6 Å². The highest BCUT2D eigenvalue weighted by Gasteiger charge is 2.54. The van der Waals surface area contributed by atoms with Crippen molar-refractivity contribution >= 4 is 28.1 Å². The molecule has 0 saturated carbocycles. The molecule has 29 heavy (non-hydrogen) atoms. The third-order valence-corrected chi connectivity index (χ3v) is 7.96. The molecule has 2 aromatic carbocycles. The average Bonchev–Trinajstić information content (AvgIpc) is 2.77. The Morgan fingerprint density at radius 3 is 2.07 bits per heavy atom. The van der Waals surface area contributed by atoms with Crippen molar-refractivity contribution in [3.05, 3.63) is 88.7 Å². The fourth-order valence-corrected chi connectivity index (χ4v) is 7.06. The Morgan fingerprint density at radius 1 is 1.03 bits per heavy atom. The molecule has 2 nitrogen and oxygen atoms in total. The van der Waals surface area contributed by atoms with Gasteiger partial charge in [0.25, 0.3) is 0 Å². The van der Waals surface area contributed by atoms with Crippen molar-refractivity contribution in [2.75, 3.05) is 19.6 Å². The van der Waals surface area contributed by atoms with Crippen molar-refractivity contribution in [3.8, 4) is 24.7 Å². The van der Waals surface area contributed by atoms with Gasteiger partial charge in [0.05, 0.1) is 17.9 Å². The number of ether oxygens (including phenoxy) is 1. The highest BCUT2D eigenvalue weighted by Crippen LogP contribution is 2.54. The van der Waals surface area contributed by atoms with Crippen LogP contribution in [0.15, 0.2) is 77.6 Å². The summed E-state index contributed by atoms with van der Waals surface area (Å²) in [6, 6.07) is 19.5. The van der Waals surface area contributed by atoms with Crippen molar-refractivity contribution < 1.29 is 8.95 Å². The molecule has 0 aromatic heterocycles. The third kappa shape index (κ3) is 3.23. The van der Waals surface area contributed by atoms with E-state index in [1.54, 1.807) is 25.1 Å². The predicted octanol–water partition coefficient (Wildman–Crippen LogP) is 4.63. The monoisotopic (exact) mass is 418 g/mol. The lowest BCUT2D eigenvalue weighted by Crippen LogP contribution is -2.47. The third-order valence-electron chi connectivity index (χ3n) is 5.19. The molecule has 0 bridgehead atoms. The summed E-state index contributed by atoms with van der Waals surface area (Å²) in [4.78, 5) is 0. The van der Waals surface area contributed by atoms with Gasteiger partial charge in [0.1, 0.15) is 10.5 Å². The van der Waals surface area contributed by atoms with Crippen LogP contribution < -0.4 is 0 Å². The van der Waals surface area contributed by atoms with Crippen LogP contribution in [0, 0.1) is 24.7 Å². The smallest absolute Gasteiger partial charge is 0.127 e. The van der Waals surface area contributed by atoms with Crippen LogP contribution in [0.4, 0.5) is 0 Å². The number of allylic oxidation sites excluding steroid dienone is 2. The molecule has 146 valence electrons. The molecule has 0 heterocycles. The molecule has 3 unspecified atom stereocenters. The molecule has 0 aliphatic heterocycles. The van der Waals surface area contributed by atoms with E-state index >= 15 is 0 Å². The molecule has 2 aromatic rings.